The largest absolute Gasteiger partial charge is 0.490 e. The van der Waals surface area contributed by atoms with Gasteiger partial charge in [0, 0.05) is 30.9 Å². The number of nitrogens with zero attached hydrogens (tertiary/aromatic N) is 4. The lowest BCUT2D eigenvalue weighted by molar-refractivity contribution is -0.192. The lowest BCUT2D eigenvalue weighted by Crippen LogP contribution is -2.21. The number of carboxylic acid groups (broad SMARTS) is 1. The maximum absolute atomic E-state index is 13.0. The number of benzene rings is 1. The van der Waals surface area contributed by atoms with Crippen LogP contribution >= 0.6 is 0 Å². The number of aryl methyl sites for hydroxylation is 1. The van der Waals surface area contributed by atoms with Gasteiger partial charge in [-0.2, -0.15) is 13.2 Å². The average Bonchev–Trinajstić information content (AvgIpc) is 3.08. The fraction of sp³-hybridized carbons (Fsp3) is 0.176. The molecule has 0 aliphatic heterocycles. The first-order valence-corrected chi connectivity index (χ1v) is 7.73. The molecule has 148 valence electrons. The quantitative estimate of drug-likeness (QED) is 0.658. The van der Waals surface area contributed by atoms with Crippen molar-refractivity contribution >= 4 is 5.97 Å². The molecule has 0 atom stereocenters. The second-order valence-electron chi connectivity index (χ2n) is 5.51. The summed E-state index contributed by atoms with van der Waals surface area (Å²) in [5, 5.41) is 15.2. The van der Waals surface area contributed by atoms with Crippen molar-refractivity contribution in [2.75, 3.05) is 0 Å². The van der Waals surface area contributed by atoms with Gasteiger partial charge < -0.3 is 10.8 Å². The van der Waals surface area contributed by atoms with Crippen LogP contribution in [0.4, 0.5) is 17.6 Å². The molecule has 2 heterocycles. The maximum atomic E-state index is 13.0. The Balaban J connectivity index is 0.000000345. The van der Waals surface area contributed by atoms with Crippen LogP contribution in [-0.4, -0.2) is 37.2 Å². The van der Waals surface area contributed by atoms with Crippen molar-refractivity contribution in [1.29, 1.82) is 0 Å². The van der Waals surface area contributed by atoms with Gasteiger partial charge in [0.05, 0.1) is 11.9 Å². The number of rotatable bonds is 3. The van der Waals surface area contributed by atoms with Gasteiger partial charge in [0.25, 0.3) is 0 Å². The molecule has 0 radical (unpaired) electrons. The van der Waals surface area contributed by atoms with Crippen LogP contribution in [0.5, 0.6) is 0 Å². The maximum Gasteiger partial charge on any atom is 0.490 e. The highest BCUT2D eigenvalue weighted by Crippen LogP contribution is 2.26. The van der Waals surface area contributed by atoms with E-state index in [-0.39, 0.29) is 5.82 Å². The van der Waals surface area contributed by atoms with Crippen molar-refractivity contribution < 1.29 is 27.5 Å². The Labute approximate surface area is 156 Å². The summed E-state index contributed by atoms with van der Waals surface area (Å²) < 4.78 is 46.4. The minimum absolute atomic E-state index is 0.264. The Morgan fingerprint density at radius 1 is 1.21 bits per heavy atom. The molecule has 0 amide bonds. The van der Waals surface area contributed by atoms with Gasteiger partial charge in [-0.05, 0) is 23.8 Å². The van der Waals surface area contributed by atoms with E-state index in [1.165, 1.54) is 12.1 Å². The molecule has 0 bridgehead atoms. The van der Waals surface area contributed by atoms with Gasteiger partial charge >= 0.3 is 12.1 Å². The minimum Gasteiger partial charge on any atom is -0.475 e. The summed E-state index contributed by atoms with van der Waals surface area (Å²) in [4.78, 5) is 13.3. The van der Waals surface area contributed by atoms with Crippen LogP contribution in [-0.2, 0) is 18.4 Å². The van der Waals surface area contributed by atoms with Crippen molar-refractivity contribution in [3.05, 3.63) is 54.2 Å². The minimum atomic E-state index is -5.08. The van der Waals surface area contributed by atoms with Crippen LogP contribution in [0.3, 0.4) is 0 Å². The summed E-state index contributed by atoms with van der Waals surface area (Å²) in [6, 6.07) is 8.23. The smallest absolute Gasteiger partial charge is 0.475 e. The molecule has 1 aromatic carbocycles. The summed E-state index contributed by atoms with van der Waals surface area (Å²) in [7, 11) is 1.80. The number of pyridine rings is 1. The molecule has 0 aliphatic carbocycles. The first kappa shape index (κ1) is 21.0. The van der Waals surface area contributed by atoms with Crippen LogP contribution in [0.15, 0.2) is 42.7 Å². The number of aromatic nitrogens is 4. The van der Waals surface area contributed by atoms with Gasteiger partial charge in [0.2, 0.25) is 0 Å². The van der Waals surface area contributed by atoms with E-state index in [4.69, 9.17) is 15.6 Å². The van der Waals surface area contributed by atoms with Gasteiger partial charge in [0.1, 0.15) is 11.5 Å². The molecule has 0 saturated heterocycles. The van der Waals surface area contributed by atoms with Crippen molar-refractivity contribution in [3.8, 4) is 22.4 Å². The summed E-state index contributed by atoms with van der Waals surface area (Å²) in [5.74, 6) is -3.02. The van der Waals surface area contributed by atoms with Crippen LogP contribution in [0.1, 0.15) is 5.69 Å². The molecule has 11 heteroatoms. The van der Waals surface area contributed by atoms with E-state index in [9.17, 15) is 17.6 Å². The zero-order valence-corrected chi connectivity index (χ0v) is 14.5. The molecule has 0 saturated carbocycles. The molecule has 28 heavy (non-hydrogen) atoms. The fourth-order valence-corrected chi connectivity index (χ4v) is 2.15. The third kappa shape index (κ3) is 5.33. The average molecular weight is 397 g/mol. The number of carboxylic acids is 1. The highest BCUT2D eigenvalue weighted by molar-refractivity contribution is 5.73. The first-order valence-electron chi connectivity index (χ1n) is 7.73. The predicted molar refractivity (Wildman–Crippen MR) is 91.2 cm³/mol. The van der Waals surface area contributed by atoms with Crippen molar-refractivity contribution in [1.82, 2.24) is 20.0 Å². The first-order chi connectivity index (χ1) is 13.1. The molecule has 3 rings (SSSR count). The van der Waals surface area contributed by atoms with Gasteiger partial charge in [-0.3, -0.25) is 9.67 Å². The van der Waals surface area contributed by atoms with Crippen molar-refractivity contribution in [2.45, 2.75) is 12.7 Å². The molecule has 3 N–H and O–H groups in total. The molecule has 0 aliphatic rings. The number of hydrogen-bond donors (Lipinski definition) is 2. The van der Waals surface area contributed by atoms with Crippen molar-refractivity contribution in [3.63, 3.8) is 0 Å². The molecule has 0 unspecified atom stereocenters. The fourth-order valence-electron chi connectivity index (χ4n) is 2.15. The number of nitrogens with two attached hydrogens (primary N) is 1. The zero-order chi connectivity index (χ0) is 20.9. The van der Waals surface area contributed by atoms with Crippen LogP contribution in [0.25, 0.3) is 22.4 Å². The second kappa shape index (κ2) is 8.57. The number of hydrogen-bond acceptors (Lipinski definition) is 5. The second-order valence-corrected chi connectivity index (χ2v) is 5.51. The number of aliphatic carboxylic acids is 1. The highest BCUT2D eigenvalue weighted by Gasteiger charge is 2.38. The van der Waals surface area contributed by atoms with Crippen molar-refractivity contribution in [2.24, 2.45) is 12.8 Å². The Morgan fingerprint density at radius 2 is 1.82 bits per heavy atom. The Bertz CT molecular complexity index is 955. The van der Waals surface area contributed by atoms with Crippen LogP contribution < -0.4 is 5.73 Å². The van der Waals surface area contributed by atoms with E-state index in [1.807, 2.05) is 12.3 Å². The third-order valence-electron chi connectivity index (χ3n) is 3.46. The normalized spacial score (nSPS) is 10.9. The Hall–Kier alpha value is -3.34. The molecule has 0 spiro atoms. The predicted octanol–water partition coefficient (Wildman–Crippen LogP) is 2.78. The standard InChI is InChI=1S/C15H14FN5.C2HF3O2/c1-21-9-15(19-20-21)13-6-11(8-18-14(13)7-17)10-2-4-12(16)5-3-10;3-2(4,5)1(6)7/h2-6,8-9H,7,17H2,1H3;(H,6,7). The number of carbonyl (C=O) groups is 1. The van der Waals surface area contributed by atoms with E-state index >= 15 is 0 Å². The van der Waals surface area contributed by atoms with E-state index in [0.717, 1.165) is 28.1 Å². The van der Waals surface area contributed by atoms with E-state index < -0.39 is 12.1 Å². The van der Waals surface area contributed by atoms with Gasteiger partial charge in [0.15, 0.2) is 0 Å². The van der Waals surface area contributed by atoms with E-state index in [1.54, 1.807) is 30.1 Å². The van der Waals surface area contributed by atoms with Gasteiger partial charge in [-0.15, -0.1) is 5.10 Å². The van der Waals surface area contributed by atoms with Gasteiger partial charge in [-0.25, -0.2) is 9.18 Å². The highest BCUT2D eigenvalue weighted by atomic mass is 19.4. The molecule has 7 nitrogen and oxygen atoms in total. The summed E-state index contributed by atoms with van der Waals surface area (Å²) >= 11 is 0. The summed E-state index contributed by atoms with van der Waals surface area (Å²) in [5.41, 5.74) is 9.81. The molecular formula is C17H15F4N5O2. The third-order valence-corrected chi connectivity index (χ3v) is 3.46. The molecular weight excluding hydrogens is 382 g/mol. The monoisotopic (exact) mass is 397 g/mol. The molecule has 2 aromatic heterocycles. The number of halogens is 4. The van der Waals surface area contributed by atoms with E-state index in [2.05, 4.69) is 15.3 Å². The lowest BCUT2D eigenvalue weighted by Gasteiger charge is -2.08. The lowest BCUT2D eigenvalue weighted by atomic mass is 10.0. The van der Waals surface area contributed by atoms with Crippen LogP contribution in [0, 0.1) is 5.82 Å². The number of alkyl halides is 3. The Kier molecular flexibility index (Phi) is 6.41. The summed E-state index contributed by atoms with van der Waals surface area (Å²) in [6.45, 7) is 0.315. The SMILES string of the molecule is Cn1cc(-c2cc(-c3ccc(F)cc3)cnc2CN)nn1.O=C(O)C(F)(F)F. The molecule has 0 fully saturated rings. The molecule has 3 aromatic rings. The summed E-state index contributed by atoms with van der Waals surface area (Å²) in [6.07, 6.45) is -1.54. The van der Waals surface area contributed by atoms with Crippen LogP contribution in [0.2, 0.25) is 0 Å². The van der Waals surface area contributed by atoms with E-state index in [0.29, 0.717) is 6.54 Å². The van der Waals surface area contributed by atoms with Gasteiger partial charge in [-0.1, -0.05) is 17.3 Å². The zero-order valence-electron chi connectivity index (χ0n) is 14.5. The topological polar surface area (TPSA) is 107 Å². The Morgan fingerprint density at radius 3 is 2.29 bits per heavy atom.